The van der Waals surface area contributed by atoms with Crippen molar-refractivity contribution in [2.75, 3.05) is 13.7 Å². The van der Waals surface area contributed by atoms with E-state index >= 15 is 0 Å². The summed E-state index contributed by atoms with van der Waals surface area (Å²) in [6.45, 7) is 5.14. The standard InChI is InChI=1S/C6H12O3.C4H8O2/c1-3-6(8)9-4-5(2)7;1-3-4(5)6-2/h5,7H,3-4H2,1-2H3;3H2,1-2H3. The van der Waals surface area contributed by atoms with Crippen LogP contribution in [-0.4, -0.2) is 36.9 Å². The lowest BCUT2D eigenvalue weighted by molar-refractivity contribution is -0.146. The van der Waals surface area contributed by atoms with Crippen molar-refractivity contribution in [2.45, 2.75) is 39.7 Å². The predicted octanol–water partition coefficient (Wildman–Crippen LogP) is 0.890. The van der Waals surface area contributed by atoms with Gasteiger partial charge in [0, 0.05) is 12.8 Å². The minimum atomic E-state index is -0.555. The van der Waals surface area contributed by atoms with E-state index in [4.69, 9.17) is 5.11 Å². The van der Waals surface area contributed by atoms with Gasteiger partial charge < -0.3 is 14.6 Å². The Kier molecular flexibility index (Phi) is 12.0. The first-order valence-electron chi connectivity index (χ1n) is 4.88. The summed E-state index contributed by atoms with van der Waals surface area (Å²) in [5, 5.41) is 8.62. The molecule has 0 bridgehead atoms. The SMILES string of the molecule is CCC(=O)OC.CCC(=O)OCC(C)O. The summed E-state index contributed by atoms with van der Waals surface area (Å²) >= 11 is 0. The first kappa shape index (κ1) is 16.3. The Labute approximate surface area is 90.4 Å². The van der Waals surface area contributed by atoms with Crippen molar-refractivity contribution in [2.24, 2.45) is 0 Å². The third-order valence-electron chi connectivity index (χ3n) is 1.29. The van der Waals surface area contributed by atoms with E-state index in [1.165, 1.54) is 7.11 Å². The first-order valence-corrected chi connectivity index (χ1v) is 4.88. The molecule has 0 aromatic rings. The zero-order valence-electron chi connectivity index (χ0n) is 9.78. The van der Waals surface area contributed by atoms with E-state index in [0.717, 1.165) is 0 Å². The Hall–Kier alpha value is -1.10. The van der Waals surface area contributed by atoms with Crippen LogP contribution in [0.4, 0.5) is 0 Å². The molecule has 0 aliphatic carbocycles. The minimum absolute atomic E-state index is 0.104. The molecule has 15 heavy (non-hydrogen) atoms. The summed E-state index contributed by atoms with van der Waals surface area (Å²) in [7, 11) is 1.38. The number of hydrogen-bond acceptors (Lipinski definition) is 5. The highest BCUT2D eigenvalue weighted by atomic mass is 16.5. The molecule has 1 N–H and O–H groups in total. The summed E-state index contributed by atoms with van der Waals surface area (Å²) in [6.07, 6.45) is 0.281. The van der Waals surface area contributed by atoms with E-state index in [2.05, 4.69) is 9.47 Å². The lowest BCUT2D eigenvalue weighted by Gasteiger charge is -2.03. The topological polar surface area (TPSA) is 72.8 Å². The second-order valence-electron chi connectivity index (χ2n) is 2.82. The van der Waals surface area contributed by atoms with Crippen molar-refractivity contribution in [3.8, 4) is 0 Å². The largest absolute Gasteiger partial charge is 0.469 e. The molecule has 0 aromatic heterocycles. The second kappa shape index (κ2) is 11.0. The molecule has 0 aliphatic heterocycles. The zero-order chi connectivity index (χ0) is 12.3. The van der Waals surface area contributed by atoms with Gasteiger partial charge in [0.25, 0.3) is 0 Å². The maximum absolute atomic E-state index is 10.4. The molecular weight excluding hydrogens is 200 g/mol. The first-order chi connectivity index (χ1) is 6.97. The molecule has 5 nitrogen and oxygen atoms in total. The number of hydrogen-bond donors (Lipinski definition) is 1. The van der Waals surface area contributed by atoms with E-state index in [1.807, 2.05) is 0 Å². The van der Waals surface area contributed by atoms with Crippen molar-refractivity contribution < 1.29 is 24.2 Å². The second-order valence-corrected chi connectivity index (χ2v) is 2.82. The normalized spacial score (nSPS) is 10.7. The van der Waals surface area contributed by atoms with Crippen LogP contribution in [0, 0.1) is 0 Å². The molecule has 1 atom stereocenters. The van der Waals surface area contributed by atoms with Crippen LogP contribution < -0.4 is 0 Å². The van der Waals surface area contributed by atoms with E-state index in [0.29, 0.717) is 12.8 Å². The molecular formula is C10H20O5. The van der Waals surface area contributed by atoms with Gasteiger partial charge in [0.2, 0.25) is 0 Å². The van der Waals surface area contributed by atoms with Crippen LogP contribution >= 0.6 is 0 Å². The van der Waals surface area contributed by atoms with Gasteiger partial charge in [-0.25, -0.2) is 0 Å². The zero-order valence-corrected chi connectivity index (χ0v) is 9.78. The Bertz CT molecular complexity index is 171. The summed E-state index contributed by atoms with van der Waals surface area (Å²) in [5.74, 6) is -0.425. The van der Waals surface area contributed by atoms with Gasteiger partial charge in [0.15, 0.2) is 0 Å². The van der Waals surface area contributed by atoms with E-state index in [-0.39, 0.29) is 18.5 Å². The van der Waals surface area contributed by atoms with Crippen LogP contribution in [0.5, 0.6) is 0 Å². The number of carbonyl (C=O) groups excluding carboxylic acids is 2. The average molecular weight is 220 g/mol. The molecule has 0 rings (SSSR count). The molecule has 0 heterocycles. The Morgan fingerprint density at radius 2 is 1.67 bits per heavy atom. The monoisotopic (exact) mass is 220 g/mol. The molecule has 0 saturated carbocycles. The molecule has 0 amide bonds. The Morgan fingerprint density at radius 3 is 1.87 bits per heavy atom. The van der Waals surface area contributed by atoms with Gasteiger partial charge in [-0.15, -0.1) is 0 Å². The molecule has 90 valence electrons. The molecule has 1 unspecified atom stereocenters. The summed E-state index contributed by atoms with van der Waals surface area (Å²) in [4.78, 5) is 20.3. The number of rotatable bonds is 4. The van der Waals surface area contributed by atoms with Gasteiger partial charge in [0.05, 0.1) is 13.2 Å². The van der Waals surface area contributed by atoms with Gasteiger partial charge >= 0.3 is 11.9 Å². The molecule has 5 heteroatoms. The molecule has 0 fully saturated rings. The predicted molar refractivity (Wildman–Crippen MR) is 55.2 cm³/mol. The van der Waals surface area contributed by atoms with Crippen molar-refractivity contribution in [3.63, 3.8) is 0 Å². The lowest BCUT2D eigenvalue weighted by Crippen LogP contribution is -2.14. The summed E-state index contributed by atoms with van der Waals surface area (Å²) < 4.78 is 8.82. The Balaban J connectivity index is 0. The van der Waals surface area contributed by atoms with Gasteiger partial charge in [-0.1, -0.05) is 13.8 Å². The molecule has 0 aliphatic rings. The fourth-order valence-corrected chi connectivity index (χ4v) is 0.460. The van der Waals surface area contributed by atoms with Crippen molar-refractivity contribution >= 4 is 11.9 Å². The highest BCUT2D eigenvalue weighted by Gasteiger charge is 1.99. The smallest absolute Gasteiger partial charge is 0.305 e. The van der Waals surface area contributed by atoms with Crippen molar-refractivity contribution in [1.29, 1.82) is 0 Å². The van der Waals surface area contributed by atoms with Crippen LogP contribution in [-0.2, 0) is 19.1 Å². The van der Waals surface area contributed by atoms with Crippen LogP contribution in [0.25, 0.3) is 0 Å². The van der Waals surface area contributed by atoms with Gasteiger partial charge in [-0.05, 0) is 6.92 Å². The van der Waals surface area contributed by atoms with E-state index < -0.39 is 6.10 Å². The number of aliphatic hydroxyl groups is 1. The van der Waals surface area contributed by atoms with E-state index in [1.54, 1.807) is 20.8 Å². The molecule has 0 aromatic carbocycles. The number of methoxy groups -OCH3 is 1. The maximum atomic E-state index is 10.4. The van der Waals surface area contributed by atoms with Gasteiger partial charge in [0.1, 0.15) is 6.61 Å². The maximum Gasteiger partial charge on any atom is 0.305 e. The molecule has 0 radical (unpaired) electrons. The quantitative estimate of drug-likeness (QED) is 0.712. The third kappa shape index (κ3) is 15.6. The summed E-state index contributed by atoms with van der Waals surface area (Å²) in [5.41, 5.74) is 0. The highest BCUT2D eigenvalue weighted by molar-refractivity contribution is 5.69. The molecule has 0 saturated heterocycles. The lowest BCUT2D eigenvalue weighted by atomic mass is 10.4. The fourth-order valence-electron chi connectivity index (χ4n) is 0.460. The number of aliphatic hydroxyl groups excluding tert-OH is 1. The van der Waals surface area contributed by atoms with Gasteiger partial charge in [-0.2, -0.15) is 0 Å². The number of ether oxygens (including phenoxy) is 2. The van der Waals surface area contributed by atoms with Crippen LogP contribution in [0.1, 0.15) is 33.6 Å². The van der Waals surface area contributed by atoms with Gasteiger partial charge in [-0.3, -0.25) is 9.59 Å². The third-order valence-corrected chi connectivity index (χ3v) is 1.29. The summed E-state index contributed by atoms with van der Waals surface area (Å²) in [6, 6.07) is 0. The van der Waals surface area contributed by atoms with Crippen molar-refractivity contribution in [1.82, 2.24) is 0 Å². The minimum Gasteiger partial charge on any atom is -0.469 e. The Morgan fingerprint density at radius 1 is 1.20 bits per heavy atom. The van der Waals surface area contributed by atoms with Crippen LogP contribution in [0.15, 0.2) is 0 Å². The molecule has 0 spiro atoms. The fraction of sp³-hybridized carbons (Fsp3) is 0.800. The van der Waals surface area contributed by atoms with Crippen LogP contribution in [0.2, 0.25) is 0 Å². The van der Waals surface area contributed by atoms with E-state index in [9.17, 15) is 9.59 Å². The highest BCUT2D eigenvalue weighted by Crippen LogP contribution is 1.86. The average Bonchev–Trinajstić information content (AvgIpc) is 2.25. The number of esters is 2. The number of carbonyl (C=O) groups is 2. The van der Waals surface area contributed by atoms with Crippen molar-refractivity contribution in [3.05, 3.63) is 0 Å². The van der Waals surface area contributed by atoms with Crippen LogP contribution in [0.3, 0.4) is 0 Å².